The first-order chi connectivity index (χ1) is 10.8. The van der Waals surface area contributed by atoms with Crippen LogP contribution < -0.4 is 9.47 Å². The molecule has 7 nitrogen and oxygen atoms in total. The van der Waals surface area contributed by atoms with Gasteiger partial charge in [-0.05, 0) is 18.6 Å². The van der Waals surface area contributed by atoms with Crippen LogP contribution >= 0.6 is 0 Å². The number of hydrogen-bond donors (Lipinski definition) is 0. The fourth-order valence-corrected chi connectivity index (χ4v) is 2.89. The highest BCUT2D eigenvalue weighted by atomic mass is 16.6. The zero-order chi connectivity index (χ0) is 14.9. The van der Waals surface area contributed by atoms with Gasteiger partial charge in [-0.25, -0.2) is 0 Å². The Bertz CT molecular complexity index is 673. The summed E-state index contributed by atoms with van der Waals surface area (Å²) in [5, 5.41) is 8.29. The van der Waals surface area contributed by atoms with Gasteiger partial charge < -0.3 is 14.4 Å². The van der Waals surface area contributed by atoms with Gasteiger partial charge in [-0.15, -0.1) is 0 Å². The van der Waals surface area contributed by atoms with Gasteiger partial charge in [-0.3, -0.25) is 4.79 Å². The molecule has 4 rings (SSSR count). The summed E-state index contributed by atoms with van der Waals surface area (Å²) in [4.78, 5) is 16.1. The fourth-order valence-electron chi connectivity index (χ4n) is 2.89. The molecule has 0 saturated carbocycles. The van der Waals surface area contributed by atoms with Crippen LogP contribution in [-0.4, -0.2) is 51.6 Å². The Hall–Kier alpha value is -2.57. The van der Waals surface area contributed by atoms with Crippen molar-refractivity contribution in [2.75, 3.05) is 19.7 Å². The number of carbonyl (C=O) groups is 1. The first kappa shape index (κ1) is 13.1. The second kappa shape index (κ2) is 5.32. The summed E-state index contributed by atoms with van der Waals surface area (Å²) in [6.07, 6.45) is 3.57. The highest BCUT2D eigenvalue weighted by molar-refractivity contribution is 5.82. The van der Waals surface area contributed by atoms with E-state index in [-0.39, 0.29) is 18.6 Å². The van der Waals surface area contributed by atoms with Crippen molar-refractivity contribution in [3.63, 3.8) is 0 Å². The minimum absolute atomic E-state index is 0.0378. The summed E-state index contributed by atoms with van der Waals surface area (Å²) in [7, 11) is 0. The first-order valence-electron chi connectivity index (χ1n) is 7.34. The number of para-hydroxylation sites is 2. The van der Waals surface area contributed by atoms with E-state index in [0.717, 1.165) is 6.42 Å². The van der Waals surface area contributed by atoms with Gasteiger partial charge in [0.1, 0.15) is 6.61 Å². The van der Waals surface area contributed by atoms with Crippen molar-refractivity contribution in [3.8, 4) is 11.5 Å². The lowest BCUT2D eigenvalue weighted by molar-refractivity contribution is -0.140. The summed E-state index contributed by atoms with van der Waals surface area (Å²) in [6.45, 7) is 1.54. The first-order valence-corrected chi connectivity index (χ1v) is 7.34. The smallest absolute Gasteiger partial charge is 0.267 e. The quantitative estimate of drug-likeness (QED) is 0.824. The third kappa shape index (κ3) is 2.28. The SMILES string of the molecule is O=C(C1COc2ccccc2O1)N1CCC(n2nccn2)C1. The monoisotopic (exact) mass is 300 g/mol. The van der Waals surface area contributed by atoms with E-state index >= 15 is 0 Å². The molecule has 2 aromatic rings. The number of hydrogen-bond acceptors (Lipinski definition) is 5. The molecule has 1 saturated heterocycles. The number of aromatic nitrogens is 3. The molecular weight excluding hydrogens is 284 g/mol. The zero-order valence-electron chi connectivity index (χ0n) is 12.0. The van der Waals surface area contributed by atoms with Crippen LogP contribution in [0.1, 0.15) is 12.5 Å². The summed E-state index contributed by atoms with van der Waals surface area (Å²) >= 11 is 0. The molecule has 1 aromatic heterocycles. The molecular formula is C15H16N4O3. The number of fused-ring (bicyclic) bond motifs is 1. The second-order valence-corrected chi connectivity index (χ2v) is 5.44. The lowest BCUT2D eigenvalue weighted by atomic mass is 10.2. The molecule has 1 fully saturated rings. The van der Waals surface area contributed by atoms with Gasteiger partial charge in [0.15, 0.2) is 11.5 Å². The van der Waals surface area contributed by atoms with Crippen LogP contribution in [-0.2, 0) is 4.79 Å². The Kier molecular flexibility index (Phi) is 3.17. The maximum absolute atomic E-state index is 12.6. The minimum Gasteiger partial charge on any atom is -0.485 e. The molecule has 1 amide bonds. The topological polar surface area (TPSA) is 69.5 Å². The molecule has 0 N–H and O–H groups in total. The third-order valence-corrected chi connectivity index (χ3v) is 4.02. The van der Waals surface area contributed by atoms with Crippen LogP contribution in [0.25, 0.3) is 0 Å². The average molecular weight is 300 g/mol. The van der Waals surface area contributed by atoms with Crippen LogP contribution in [0.3, 0.4) is 0 Å². The largest absolute Gasteiger partial charge is 0.485 e. The van der Waals surface area contributed by atoms with Crippen LogP contribution in [0.4, 0.5) is 0 Å². The Morgan fingerprint density at radius 1 is 1.18 bits per heavy atom. The number of likely N-dealkylation sites (tertiary alicyclic amines) is 1. The third-order valence-electron chi connectivity index (χ3n) is 4.02. The Morgan fingerprint density at radius 3 is 2.77 bits per heavy atom. The zero-order valence-corrected chi connectivity index (χ0v) is 12.0. The van der Waals surface area contributed by atoms with E-state index in [2.05, 4.69) is 10.2 Å². The average Bonchev–Trinajstić information content (AvgIpc) is 3.24. The Labute approximate surface area is 127 Å². The normalized spacial score (nSPS) is 23.5. The predicted molar refractivity (Wildman–Crippen MR) is 76.6 cm³/mol. The molecule has 2 atom stereocenters. The molecule has 0 aliphatic carbocycles. The second-order valence-electron chi connectivity index (χ2n) is 5.44. The van der Waals surface area contributed by atoms with Crippen molar-refractivity contribution in [1.82, 2.24) is 19.9 Å². The van der Waals surface area contributed by atoms with Gasteiger partial charge in [0.25, 0.3) is 5.91 Å². The molecule has 2 unspecified atom stereocenters. The number of carbonyl (C=O) groups excluding carboxylic acids is 1. The molecule has 0 bridgehead atoms. The van der Waals surface area contributed by atoms with Crippen LogP contribution in [0, 0.1) is 0 Å². The molecule has 3 heterocycles. The molecule has 22 heavy (non-hydrogen) atoms. The van der Waals surface area contributed by atoms with E-state index in [0.29, 0.717) is 24.6 Å². The number of benzene rings is 1. The van der Waals surface area contributed by atoms with Crippen LogP contribution in [0.15, 0.2) is 36.7 Å². The molecule has 2 aliphatic rings. The summed E-state index contributed by atoms with van der Waals surface area (Å²) in [5.74, 6) is 1.27. The van der Waals surface area contributed by atoms with E-state index in [1.54, 1.807) is 22.1 Å². The predicted octanol–water partition coefficient (Wildman–Crippen LogP) is 0.891. The summed E-state index contributed by atoms with van der Waals surface area (Å²) < 4.78 is 11.4. The highest BCUT2D eigenvalue weighted by Gasteiger charge is 2.35. The van der Waals surface area contributed by atoms with Crippen molar-refractivity contribution in [3.05, 3.63) is 36.7 Å². The van der Waals surface area contributed by atoms with E-state index in [4.69, 9.17) is 9.47 Å². The number of rotatable bonds is 2. The van der Waals surface area contributed by atoms with E-state index in [9.17, 15) is 4.79 Å². The molecule has 1 aromatic carbocycles. The van der Waals surface area contributed by atoms with Crippen molar-refractivity contribution in [1.29, 1.82) is 0 Å². The number of amides is 1. The Balaban J connectivity index is 1.43. The van der Waals surface area contributed by atoms with Gasteiger partial charge in [0.2, 0.25) is 6.10 Å². The van der Waals surface area contributed by atoms with Crippen molar-refractivity contribution in [2.24, 2.45) is 0 Å². The van der Waals surface area contributed by atoms with E-state index < -0.39 is 6.10 Å². The summed E-state index contributed by atoms with van der Waals surface area (Å²) in [6, 6.07) is 7.54. The maximum Gasteiger partial charge on any atom is 0.267 e. The van der Waals surface area contributed by atoms with Gasteiger partial charge in [-0.2, -0.15) is 15.0 Å². The Morgan fingerprint density at radius 2 is 1.95 bits per heavy atom. The fraction of sp³-hybridized carbons (Fsp3) is 0.400. The van der Waals surface area contributed by atoms with Crippen molar-refractivity contribution in [2.45, 2.75) is 18.6 Å². The summed E-state index contributed by atoms with van der Waals surface area (Å²) in [5.41, 5.74) is 0. The lowest BCUT2D eigenvalue weighted by Gasteiger charge is -2.28. The van der Waals surface area contributed by atoms with Crippen LogP contribution in [0.5, 0.6) is 11.5 Å². The maximum atomic E-state index is 12.6. The standard InChI is InChI=1S/C15H16N4O3/c20-15(14-10-21-12-3-1-2-4-13(12)22-14)18-8-5-11(9-18)19-16-6-7-17-19/h1-4,6-7,11,14H,5,8-10H2. The van der Waals surface area contributed by atoms with E-state index in [1.165, 1.54) is 0 Å². The van der Waals surface area contributed by atoms with Gasteiger partial charge in [0, 0.05) is 13.1 Å². The van der Waals surface area contributed by atoms with Gasteiger partial charge in [-0.1, -0.05) is 12.1 Å². The minimum atomic E-state index is -0.584. The molecule has 0 radical (unpaired) electrons. The van der Waals surface area contributed by atoms with Crippen LogP contribution in [0.2, 0.25) is 0 Å². The molecule has 0 spiro atoms. The van der Waals surface area contributed by atoms with Crippen molar-refractivity contribution < 1.29 is 14.3 Å². The highest BCUT2D eigenvalue weighted by Crippen LogP contribution is 2.32. The van der Waals surface area contributed by atoms with Gasteiger partial charge in [0.05, 0.1) is 18.4 Å². The molecule has 114 valence electrons. The van der Waals surface area contributed by atoms with Crippen molar-refractivity contribution >= 4 is 5.91 Å². The lowest BCUT2D eigenvalue weighted by Crippen LogP contribution is -2.45. The number of ether oxygens (including phenoxy) is 2. The number of nitrogens with zero attached hydrogens (tertiary/aromatic N) is 4. The van der Waals surface area contributed by atoms with E-state index in [1.807, 2.05) is 24.3 Å². The molecule has 2 aliphatic heterocycles. The molecule has 7 heteroatoms. The van der Waals surface area contributed by atoms with Gasteiger partial charge >= 0.3 is 0 Å².